The molecule has 20 heavy (non-hydrogen) atoms. The van der Waals surface area contributed by atoms with E-state index < -0.39 is 11.5 Å². The van der Waals surface area contributed by atoms with E-state index in [1.807, 2.05) is 0 Å². The molecule has 2 N–H and O–H groups in total. The quantitative estimate of drug-likeness (QED) is 0.528. The second kappa shape index (κ2) is 8.98. The van der Waals surface area contributed by atoms with Crippen molar-refractivity contribution in [1.29, 1.82) is 0 Å². The Bertz CT molecular complexity index is 307. The van der Waals surface area contributed by atoms with E-state index in [4.69, 9.17) is 0 Å². The number of hydrogen-bond acceptors (Lipinski definition) is 2. The van der Waals surface area contributed by atoms with Gasteiger partial charge in [0.15, 0.2) is 0 Å². The van der Waals surface area contributed by atoms with Crippen molar-refractivity contribution in [3.8, 4) is 0 Å². The third-order valence-electron chi connectivity index (χ3n) is 4.25. The fourth-order valence-corrected chi connectivity index (χ4v) is 2.94. The number of carbonyl (C=O) groups is 2. The minimum atomic E-state index is -1.00. The predicted molar refractivity (Wildman–Crippen MR) is 79.6 cm³/mol. The van der Waals surface area contributed by atoms with Crippen molar-refractivity contribution in [3.63, 3.8) is 0 Å². The Balaban J connectivity index is 2.40. The van der Waals surface area contributed by atoms with Crippen LogP contribution >= 0.6 is 0 Å². The van der Waals surface area contributed by atoms with Crippen molar-refractivity contribution < 1.29 is 14.7 Å². The number of rotatable bonds is 8. The molecule has 0 aliphatic heterocycles. The monoisotopic (exact) mass is 283 g/mol. The summed E-state index contributed by atoms with van der Waals surface area (Å²) in [6.45, 7) is 2.16. The number of carboxylic acids is 1. The van der Waals surface area contributed by atoms with E-state index in [2.05, 4.69) is 12.2 Å². The summed E-state index contributed by atoms with van der Waals surface area (Å²) in [6.07, 6.45) is 11.0. The largest absolute Gasteiger partial charge is 0.480 e. The van der Waals surface area contributed by atoms with Crippen molar-refractivity contribution in [2.45, 2.75) is 89.5 Å². The molecule has 0 radical (unpaired) electrons. The van der Waals surface area contributed by atoms with E-state index >= 15 is 0 Å². The third-order valence-corrected chi connectivity index (χ3v) is 4.25. The molecule has 0 aromatic carbocycles. The van der Waals surface area contributed by atoms with Gasteiger partial charge in [0.05, 0.1) is 0 Å². The second-order valence-corrected chi connectivity index (χ2v) is 6.01. The van der Waals surface area contributed by atoms with Crippen LogP contribution in [0.2, 0.25) is 0 Å². The minimum Gasteiger partial charge on any atom is -0.480 e. The summed E-state index contributed by atoms with van der Waals surface area (Å²) >= 11 is 0. The van der Waals surface area contributed by atoms with Crippen LogP contribution in [-0.4, -0.2) is 22.5 Å². The van der Waals surface area contributed by atoms with Gasteiger partial charge in [0, 0.05) is 6.42 Å². The van der Waals surface area contributed by atoms with Crippen molar-refractivity contribution in [1.82, 2.24) is 5.32 Å². The Labute approximate surface area is 122 Å². The Morgan fingerprint density at radius 2 is 1.60 bits per heavy atom. The zero-order valence-electron chi connectivity index (χ0n) is 12.7. The van der Waals surface area contributed by atoms with Gasteiger partial charge in [0.25, 0.3) is 0 Å². The van der Waals surface area contributed by atoms with Crippen LogP contribution < -0.4 is 5.32 Å². The van der Waals surface area contributed by atoms with Gasteiger partial charge in [-0.15, -0.1) is 0 Å². The third kappa shape index (κ3) is 5.51. The lowest BCUT2D eigenvalue weighted by atomic mass is 9.90. The van der Waals surface area contributed by atoms with Gasteiger partial charge >= 0.3 is 5.97 Å². The summed E-state index contributed by atoms with van der Waals surface area (Å²) in [7, 11) is 0. The molecule has 1 aliphatic carbocycles. The Hall–Kier alpha value is -1.06. The van der Waals surface area contributed by atoms with E-state index in [9.17, 15) is 14.7 Å². The maximum atomic E-state index is 12.0. The zero-order valence-corrected chi connectivity index (χ0v) is 12.7. The van der Waals surface area contributed by atoms with Crippen LogP contribution in [0.4, 0.5) is 0 Å². The van der Waals surface area contributed by atoms with Gasteiger partial charge in [-0.3, -0.25) is 4.79 Å². The highest BCUT2D eigenvalue weighted by molar-refractivity contribution is 5.87. The Morgan fingerprint density at radius 1 is 1.00 bits per heavy atom. The second-order valence-electron chi connectivity index (χ2n) is 6.01. The van der Waals surface area contributed by atoms with Crippen LogP contribution in [0.5, 0.6) is 0 Å². The van der Waals surface area contributed by atoms with Gasteiger partial charge in [-0.1, -0.05) is 58.3 Å². The SMILES string of the molecule is CCCCCCCC(=O)NC1(C(=O)O)CCCCCC1. The first-order chi connectivity index (χ1) is 9.60. The summed E-state index contributed by atoms with van der Waals surface area (Å²) in [6, 6.07) is 0. The molecule has 1 saturated carbocycles. The summed E-state index contributed by atoms with van der Waals surface area (Å²) in [5.74, 6) is -0.954. The number of nitrogens with one attached hydrogen (secondary N) is 1. The number of carboxylic acid groups (broad SMARTS) is 1. The zero-order chi connectivity index (χ0) is 14.8. The van der Waals surface area contributed by atoms with Crippen molar-refractivity contribution >= 4 is 11.9 Å². The molecule has 0 spiro atoms. The van der Waals surface area contributed by atoms with Crippen LogP contribution in [0, 0.1) is 0 Å². The van der Waals surface area contributed by atoms with Crippen LogP contribution in [0.1, 0.15) is 84.0 Å². The molecule has 4 heteroatoms. The minimum absolute atomic E-state index is 0.0919. The Kier molecular flexibility index (Phi) is 7.63. The van der Waals surface area contributed by atoms with Crippen LogP contribution in [0.15, 0.2) is 0 Å². The summed E-state index contributed by atoms with van der Waals surface area (Å²) < 4.78 is 0. The van der Waals surface area contributed by atoms with Crippen LogP contribution in [0.3, 0.4) is 0 Å². The summed E-state index contributed by atoms with van der Waals surface area (Å²) in [5, 5.41) is 12.3. The number of aliphatic carboxylic acids is 1. The fourth-order valence-electron chi connectivity index (χ4n) is 2.94. The van der Waals surface area contributed by atoms with E-state index in [-0.39, 0.29) is 5.91 Å². The van der Waals surface area contributed by atoms with Gasteiger partial charge in [-0.05, 0) is 19.3 Å². The van der Waals surface area contributed by atoms with E-state index in [0.29, 0.717) is 19.3 Å². The normalized spacial score (nSPS) is 18.2. The molecule has 0 saturated heterocycles. The molecule has 116 valence electrons. The first-order valence-electron chi connectivity index (χ1n) is 8.15. The highest BCUT2D eigenvalue weighted by Crippen LogP contribution is 2.27. The van der Waals surface area contributed by atoms with Crippen LogP contribution in [0.25, 0.3) is 0 Å². The standard InChI is InChI=1S/C16H29NO3/c1-2-3-4-5-8-11-14(18)17-16(15(19)20)12-9-6-7-10-13-16/h2-13H2,1H3,(H,17,18)(H,19,20). The predicted octanol–water partition coefficient (Wildman–Crippen LogP) is 3.64. The lowest BCUT2D eigenvalue weighted by molar-refractivity contribution is -0.148. The number of unbranched alkanes of at least 4 members (excludes halogenated alkanes) is 4. The van der Waals surface area contributed by atoms with Crippen molar-refractivity contribution in [2.75, 3.05) is 0 Å². The van der Waals surface area contributed by atoms with Gasteiger partial charge in [-0.2, -0.15) is 0 Å². The molecule has 0 unspecified atom stereocenters. The van der Waals surface area contributed by atoms with Gasteiger partial charge in [-0.25, -0.2) is 4.79 Å². The van der Waals surface area contributed by atoms with Crippen molar-refractivity contribution in [3.05, 3.63) is 0 Å². The fraction of sp³-hybridized carbons (Fsp3) is 0.875. The number of amides is 1. The van der Waals surface area contributed by atoms with Gasteiger partial charge in [0.2, 0.25) is 5.91 Å². The molecule has 1 rings (SSSR count). The molecular weight excluding hydrogens is 254 g/mol. The van der Waals surface area contributed by atoms with E-state index in [0.717, 1.165) is 44.9 Å². The highest BCUT2D eigenvalue weighted by Gasteiger charge is 2.39. The maximum absolute atomic E-state index is 12.0. The lowest BCUT2D eigenvalue weighted by Gasteiger charge is -2.29. The molecule has 0 heterocycles. The molecule has 1 aliphatic rings. The van der Waals surface area contributed by atoms with Crippen LogP contribution in [-0.2, 0) is 9.59 Å². The van der Waals surface area contributed by atoms with Crippen molar-refractivity contribution in [2.24, 2.45) is 0 Å². The lowest BCUT2D eigenvalue weighted by Crippen LogP contribution is -2.54. The Morgan fingerprint density at radius 3 is 2.15 bits per heavy atom. The average Bonchev–Trinajstić information content (AvgIpc) is 2.65. The molecular formula is C16H29NO3. The van der Waals surface area contributed by atoms with E-state index in [1.165, 1.54) is 12.8 Å². The number of hydrogen-bond donors (Lipinski definition) is 2. The average molecular weight is 283 g/mol. The van der Waals surface area contributed by atoms with E-state index in [1.54, 1.807) is 0 Å². The molecule has 0 aromatic rings. The summed E-state index contributed by atoms with van der Waals surface area (Å²) in [4.78, 5) is 23.6. The molecule has 4 nitrogen and oxygen atoms in total. The maximum Gasteiger partial charge on any atom is 0.329 e. The van der Waals surface area contributed by atoms with Gasteiger partial charge < -0.3 is 10.4 Å². The topological polar surface area (TPSA) is 66.4 Å². The molecule has 1 amide bonds. The first kappa shape index (κ1) is 17.0. The highest BCUT2D eigenvalue weighted by atomic mass is 16.4. The number of carbonyl (C=O) groups excluding carboxylic acids is 1. The summed E-state index contributed by atoms with van der Waals surface area (Å²) in [5.41, 5.74) is -1.00. The molecule has 0 bridgehead atoms. The molecule has 1 fully saturated rings. The smallest absolute Gasteiger partial charge is 0.329 e. The molecule has 0 atom stereocenters. The van der Waals surface area contributed by atoms with Gasteiger partial charge in [0.1, 0.15) is 5.54 Å². The first-order valence-corrected chi connectivity index (χ1v) is 8.15. The molecule has 0 aromatic heterocycles.